The van der Waals surface area contributed by atoms with E-state index in [0.29, 0.717) is 28.6 Å². The van der Waals surface area contributed by atoms with Crippen LogP contribution < -0.4 is 14.8 Å². The van der Waals surface area contributed by atoms with Crippen LogP contribution in [0.25, 0.3) is 0 Å². The van der Waals surface area contributed by atoms with Gasteiger partial charge in [0.25, 0.3) is 5.91 Å². The number of carbonyl (C=O) groups is 1. The molecule has 3 aromatic carbocycles. The second-order valence-electron chi connectivity index (χ2n) is 8.02. The molecule has 0 radical (unpaired) electrons. The normalized spacial score (nSPS) is 11.1. The summed E-state index contributed by atoms with van der Waals surface area (Å²) < 4.78 is 11.6. The molecule has 0 saturated heterocycles. The van der Waals surface area contributed by atoms with Gasteiger partial charge in [0.05, 0.1) is 7.11 Å². The molecule has 0 spiro atoms. The van der Waals surface area contributed by atoms with E-state index in [0.717, 1.165) is 16.9 Å². The smallest absolute Gasteiger partial charge is 0.255 e. The van der Waals surface area contributed by atoms with E-state index in [4.69, 9.17) is 21.1 Å². The quantitative estimate of drug-likeness (QED) is 0.493. The third-order valence-corrected chi connectivity index (χ3v) is 4.97. The Kier molecular flexibility index (Phi) is 6.68. The van der Waals surface area contributed by atoms with Crippen molar-refractivity contribution < 1.29 is 14.3 Å². The number of hydrogen-bond acceptors (Lipinski definition) is 3. The lowest BCUT2D eigenvalue weighted by molar-refractivity contribution is 0.102. The van der Waals surface area contributed by atoms with Crippen molar-refractivity contribution in [1.82, 2.24) is 0 Å². The molecule has 1 N–H and O–H groups in total. The van der Waals surface area contributed by atoms with Crippen LogP contribution in [0.15, 0.2) is 66.7 Å². The first kappa shape index (κ1) is 21.7. The number of para-hydroxylation sites is 1. The summed E-state index contributed by atoms with van der Waals surface area (Å²) in [5.41, 5.74) is 3.08. The van der Waals surface area contributed by atoms with Crippen molar-refractivity contribution in [2.45, 2.75) is 32.8 Å². The van der Waals surface area contributed by atoms with Gasteiger partial charge in [-0.1, -0.05) is 50.6 Å². The molecule has 5 heteroatoms. The molecule has 0 saturated carbocycles. The Morgan fingerprint density at radius 1 is 0.967 bits per heavy atom. The maximum atomic E-state index is 12.7. The van der Waals surface area contributed by atoms with Crippen molar-refractivity contribution >= 4 is 23.2 Å². The molecule has 3 rings (SSSR count). The van der Waals surface area contributed by atoms with E-state index in [9.17, 15) is 4.79 Å². The van der Waals surface area contributed by atoms with Gasteiger partial charge in [-0.05, 0) is 59.5 Å². The van der Waals surface area contributed by atoms with E-state index in [1.807, 2.05) is 18.2 Å². The second-order valence-corrected chi connectivity index (χ2v) is 8.46. The maximum absolute atomic E-state index is 12.7. The van der Waals surface area contributed by atoms with E-state index in [1.54, 1.807) is 49.6 Å². The number of benzene rings is 3. The SMILES string of the molecule is COc1ccc(C(=O)Nc2ccc(Cl)cc2)cc1COc1ccccc1C(C)(C)C. The summed E-state index contributed by atoms with van der Waals surface area (Å²) in [6.45, 7) is 6.74. The summed E-state index contributed by atoms with van der Waals surface area (Å²) in [5.74, 6) is 1.28. The fourth-order valence-corrected chi connectivity index (χ4v) is 3.26. The Hall–Kier alpha value is -2.98. The number of methoxy groups -OCH3 is 1. The van der Waals surface area contributed by atoms with Crippen molar-refractivity contribution in [1.29, 1.82) is 0 Å². The highest BCUT2D eigenvalue weighted by Crippen LogP contribution is 2.32. The van der Waals surface area contributed by atoms with Gasteiger partial charge in [0.1, 0.15) is 18.1 Å². The molecule has 0 atom stereocenters. The summed E-state index contributed by atoms with van der Waals surface area (Å²) >= 11 is 5.90. The van der Waals surface area contributed by atoms with Gasteiger partial charge >= 0.3 is 0 Å². The molecule has 0 fully saturated rings. The van der Waals surface area contributed by atoms with Crippen LogP contribution in [-0.4, -0.2) is 13.0 Å². The van der Waals surface area contributed by atoms with Crippen LogP contribution >= 0.6 is 11.6 Å². The minimum absolute atomic E-state index is 0.0407. The van der Waals surface area contributed by atoms with Gasteiger partial charge in [-0.2, -0.15) is 0 Å². The third kappa shape index (κ3) is 5.33. The minimum Gasteiger partial charge on any atom is -0.496 e. The minimum atomic E-state index is -0.212. The van der Waals surface area contributed by atoms with Gasteiger partial charge in [0.15, 0.2) is 0 Å². The number of rotatable bonds is 6. The van der Waals surface area contributed by atoms with Crippen LogP contribution in [0.5, 0.6) is 11.5 Å². The first-order valence-corrected chi connectivity index (χ1v) is 10.1. The Bertz CT molecular complexity index is 1020. The molecule has 0 heterocycles. The second kappa shape index (κ2) is 9.23. The van der Waals surface area contributed by atoms with E-state index in [-0.39, 0.29) is 11.3 Å². The fourth-order valence-electron chi connectivity index (χ4n) is 3.14. The first-order valence-electron chi connectivity index (χ1n) is 9.74. The Morgan fingerprint density at radius 3 is 2.33 bits per heavy atom. The molecule has 3 aromatic rings. The van der Waals surface area contributed by atoms with Crippen LogP contribution in [0.4, 0.5) is 5.69 Å². The zero-order chi connectivity index (χ0) is 21.7. The topological polar surface area (TPSA) is 47.6 Å². The third-order valence-electron chi connectivity index (χ3n) is 4.72. The Morgan fingerprint density at radius 2 is 1.67 bits per heavy atom. The van der Waals surface area contributed by atoms with Crippen LogP contribution in [-0.2, 0) is 12.0 Å². The fraction of sp³-hybridized carbons (Fsp3) is 0.240. The average Bonchev–Trinajstić information content (AvgIpc) is 2.73. The summed E-state index contributed by atoms with van der Waals surface area (Å²) in [6, 6.07) is 20.3. The van der Waals surface area contributed by atoms with E-state index in [1.165, 1.54) is 0 Å². The maximum Gasteiger partial charge on any atom is 0.255 e. The van der Waals surface area contributed by atoms with Gasteiger partial charge < -0.3 is 14.8 Å². The molecule has 0 aliphatic heterocycles. The largest absolute Gasteiger partial charge is 0.496 e. The zero-order valence-corrected chi connectivity index (χ0v) is 18.4. The Balaban J connectivity index is 1.80. The predicted molar refractivity (Wildman–Crippen MR) is 122 cm³/mol. The van der Waals surface area contributed by atoms with E-state index < -0.39 is 0 Å². The monoisotopic (exact) mass is 423 g/mol. The number of halogens is 1. The predicted octanol–water partition coefficient (Wildman–Crippen LogP) is 6.48. The number of hydrogen-bond donors (Lipinski definition) is 1. The van der Waals surface area contributed by atoms with Gasteiger partial charge in [0.2, 0.25) is 0 Å². The highest BCUT2D eigenvalue weighted by atomic mass is 35.5. The highest BCUT2D eigenvalue weighted by molar-refractivity contribution is 6.30. The number of anilines is 1. The molecular formula is C25H26ClNO3. The van der Waals surface area contributed by atoms with Crippen LogP contribution in [0, 0.1) is 0 Å². The van der Waals surface area contributed by atoms with Gasteiger partial charge in [0, 0.05) is 21.8 Å². The number of amides is 1. The zero-order valence-electron chi connectivity index (χ0n) is 17.7. The van der Waals surface area contributed by atoms with E-state index in [2.05, 4.69) is 32.2 Å². The summed E-state index contributed by atoms with van der Waals surface area (Å²) in [6.07, 6.45) is 0. The van der Waals surface area contributed by atoms with Crippen LogP contribution in [0.1, 0.15) is 42.3 Å². The first-order chi connectivity index (χ1) is 14.3. The lowest BCUT2D eigenvalue weighted by Gasteiger charge is -2.23. The molecular weight excluding hydrogens is 398 g/mol. The number of nitrogens with one attached hydrogen (secondary N) is 1. The standard InChI is InChI=1S/C25H26ClNO3/c1-25(2,3)21-7-5-6-8-23(21)30-16-18-15-17(9-14-22(18)29-4)24(28)27-20-12-10-19(26)11-13-20/h5-15H,16H2,1-4H3,(H,27,28). The molecule has 0 unspecified atom stereocenters. The molecule has 0 aliphatic rings. The molecule has 0 aliphatic carbocycles. The molecule has 4 nitrogen and oxygen atoms in total. The van der Waals surface area contributed by atoms with Crippen molar-refractivity contribution in [2.75, 3.05) is 12.4 Å². The number of carbonyl (C=O) groups excluding carboxylic acids is 1. The molecule has 1 amide bonds. The van der Waals surface area contributed by atoms with Crippen molar-refractivity contribution in [3.8, 4) is 11.5 Å². The Labute approximate surface area is 182 Å². The van der Waals surface area contributed by atoms with Crippen molar-refractivity contribution in [3.05, 3.63) is 88.4 Å². The van der Waals surface area contributed by atoms with Gasteiger partial charge in [-0.3, -0.25) is 4.79 Å². The molecule has 0 aromatic heterocycles. The summed E-state index contributed by atoms with van der Waals surface area (Å²) in [7, 11) is 1.61. The molecule has 156 valence electrons. The van der Waals surface area contributed by atoms with Gasteiger partial charge in [-0.15, -0.1) is 0 Å². The van der Waals surface area contributed by atoms with Crippen LogP contribution in [0.3, 0.4) is 0 Å². The lowest BCUT2D eigenvalue weighted by atomic mass is 9.86. The molecule has 30 heavy (non-hydrogen) atoms. The molecule has 0 bridgehead atoms. The van der Waals surface area contributed by atoms with Gasteiger partial charge in [-0.25, -0.2) is 0 Å². The highest BCUT2D eigenvalue weighted by Gasteiger charge is 2.19. The summed E-state index contributed by atoms with van der Waals surface area (Å²) in [4.78, 5) is 12.7. The van der Waals surface area contributed by atoms with Crippen LogP contribution in [0.2, 0.25) is 5.02 Å². The van der Waals surface area contributed by atoms with E-state index >= 15 is 0 Å². The summed E-state index contributed by atoms with van der Waals surface area (Å²) in [5, 5.41) is 3.49. The van der Waals surface area contributed by atoms with Crippen molar-refractivity contribution in [2.24, 2.45) is 0 Å². The average molecular weight is 424 g/mol. The van der Waals surface area contributed by atoms with Crippen molar-refractivity contribution in [3.63, 3.8) is 0 Å². The lowest BCUT2D eigenvalue weighted by Crippen LogP contribution is -2.14. The number of ether oxygens (including phenoxy) is 2.